The third-order valence-corrected chi connectivity index (χ3v) is 3.84. The molecule has 0 aliphatic rings. The minimum Gasteiger partial charge on any atom is -0.490 e. The number of nitro benzene ring substituents is 1. The summed E-state index contributed by atoms with van der Waals surface area (Å²) in [6, 6.07) is 7.90. The molecule has 2 aromatic rings. The number of nitrogens with one attached hydrogen (secondary N) is 1. The molecule has 0 aliphatic carbocycles. The molecule has 0 bridgehead atoms. The maximum Gasteiger partial charge on any atom is 0.328 e. The number of esters is 1. The van der Waals surface area contributed by atoms with Crippen molar-refractivity contribution in [3.8, 4) is 5.75 Å². The molecule has 10 heteroatoms. The molecule has 0 saturated heterocycles. The molecule has 28 heavy (non-hydrogen) atoms. The van der Waals surface area contributed by atoms with Crippen LogP contribution in [0.3, 0.4) is 0 Å². The van der Waals surface area contributed by atoms with Crippen molar-refractivity contribution >= 4 is 29.2 Å². The second-order valence-electron chi connectivity index (χ2n) is 5.59. The van der Waals surface area contributed by atoms with Crippen LogP contribution in [-0.2, 0) is 9.53 Å². The van der Waals surface area contributed by atoms with E-state index in [1.54, 1.807) is 0 Å². The average Bonchev–Trinajstić information content (AvgIpc) is 2.66. The van der Waals surface area contributed by atoms with E-state index in [4.69, 9.17) is 21.1 Å². The van der Waals surface area contributed by atoms with Crippen molar-refractivity contribution in [2.45, 2.75) is 13.0 Å². The minimum atomic E-state index is -0.993. The number of carbonyl (C=O) groups excluding carboxylic acids is 2. The molecule has 1 amide bonds. The predicted molar refractivity (Wildman–Crippen MR) is 97.9 cm³/mol. The number of hydrogen-bond acceptors (Lipinski definition) is 6. The summed E-state index contributed by atoms with van der Waals surface area (Å²) in [5, 5.41) is 13.2. The Labute approximate surface area is 164 Å². The van der Waals surface area contributed by atoms with Gasteiger partial charge in [-0.1, -0.05) is 11.6 Å². The number of nitro groups is 1. The number of benzene rings is 2. The fourth-order valence-electron chi connectivity index (χ4n) is 2.09. The van der Waals surface area contributed by atoms with Gasteiger partial charge in [0.05, 0.1) is 4.92 Å². The third-order valence-electron chi connectivity index (χ3n) is 3.52. The summed E-state index contributed by atoms with van der Waals surface area (Å²) in [6.45, 7) is 1.37. The van der Waals surface area contributed by atoms with E-state index in [0.717, 1.165) is 6.07 Å². The lowest BCUT2D eigenvalue weighted by atomic mass is 10.1. The maximum absolute atomic E-state index is 12.8. The fourth-order valence-corrected chi connectivity index (χ4v) is 2.28. The SMILES string of the molecule is C[C@H](NC(=O)c1ccc(Cl)c([N+](=O)[O-])c1)C(=O)OCCOc1ccc(F)cc1. The zero-order valence-corrected chi connectivity index (χ0v) is 15.4. The number of hydrogen-bond donors (Lipinski definition) is 1. The van der Waals surface area contributed by atoms with Crippen molar-refractivity contribution in [1.82, 2.24) is 5.32 Å². The Morgan fingerprint density at radius 3 is 2.54 bits per heavy atom. The molecule has 1 atom stereocenters. The van der Waals surface area contributed by atoms with Gasteiger partial charge in [0.1, 0.15) is 35.8 Å². The topological polar surface area (TPSA) is 108 Å². The van der Waals surface area contributed by atoms with E-state index in [1.807, 2.05) is 0 Å². The van der Waals surface area contributed by atoms with Crippen LogP contribution in [0.5, 0.6) is 5.75 Å². The summed E-state index contributed by atoms with van der Waals surface area (Å²) in [6.07, 6.45) is 0. The molecule has 2 aromatic carbocycles. The van der Waals surface area contributed by atoms with Gasteiger partial charge in [0.2, 0.25) is 0 Å². The standard InChI is InChI=1S/C18H16ClFN2O6/c1-11(18(24)28-9-8-27-14-5-3-13(20)4-6-14)21-17(23)12-2-7-15(19)16(10-12)22(25)26/h2-7,10-11H,8-9H2,1H3,(H,21,23)/t11-/m0/s1. The molecule has 1 N–H and O–H groups in total. The van der Waals surface area contributed by atoms with Crippen molar-refractivity contribution in [3.63, 3.8) is 0 Å². The van der Waals surface area contributed by atoms with Crippen LogP contribution in [0, 0.1) is 15.9 Å². The number of carbonyl (C=O) groups is 2. The number of halogens is 2. The van der Waals surface area contributed by atoms with Gasteiger partial charge in [-0.25, -0.2) is 9.18 Å². The molecule has 0 saturated carbocycles. The highest BCUT2D eigenvalue weighted by Gasteiger charge is 2.21. The van der Waals surface area contributed by atoms with Gasteiger partial charge in [-0.15, -0.1) is 0 Å². The van der Waals surface area contributed by atoms with Gasteiger partial charge in [0.25, 0.3) is 11.6 Å². The number of ether oxygens (including phenoxy) is 2. The maximum atomic E-state index is 12.8. The molecule has 0 unspecified atom stereocenters. The van der Waals surface area contributed by atoms with Crippen molar-refractivity contribution in [1.29, 1.82) is 0 Å². The summed E-state index contributed by atoms with van der Waals surface area (Å²) >= 11 is 5.70. The van der Waals surface area contributed by atoms with Gasteiger partial charge < -0.3 is 14.8 Å². The lowest BCUT2D eigenvalue weighted by Crippen LogP contribution is -2.40. The second kappa shape index (κ2) is 9.65. The van der Waals surface area contributed by atoms with Gasteiger partial charge in [0.15, 0.2) is 0 Å². The average molecular weight is 411 g/mol. The van der Waals surface area contributed by atoms with E-state index in [1.165, 1.54) is 43.3 Å². The molecule has 8 nitrogen and oxygen atoms in total. The van der Waals surface area contributed by atoms with Gasteiger partial charge in [-0.3, -0.25) is 14.9 Å². The van der Waals surface area contributed by atoms with Crippen LogP contribution in [0.25, 0.3) is 0 Å². The molecular weight excluding hydrogens is 395 g/mol. The molecule has 0 radical (unpaired) electrons. The van der Waals surface area contributed by atoms with Gasteiger partial charge >= 0.3 is 5.97 Å². The quantitative estimate of drug-likeness (QED) is 0.310. The number of rotatable bonds is 8. The van der Waals surface area contributed by atoms with E-state index in [0.29, 0.717) is 5.75 Å². The molecule has 0 spiro atoms. The summed E-state index contributed by atoms with van der Waals surface area (Å²) in [5.74, 6) is -1.37. The van der Waals surface area contributed by atoms with Crippen LogP contribution in [-0.4, -0.2) is 36.1 Å². The zero-order chi connectivity index (χ0) is 20.7. The highest BCUT2D eigenvalue weighted by atomic mass is 35.5. The molecule has 0 aromatic heterocycles. The Morgan fingerprint density at radius 2 is 1.89 bits per heavy atom. The molecule has 148 valence electrons. The van der Waals surface area contributed by atoms with Crippen molar-refractivity contribution in [2.24, 2.45) is 0 Å². The summed E-state index contributed by atoms with van der Waals surface area (Å²) in [7, 11) is 0. The minimum absolute atomic E-state index is 0.0182. The van der Waals surface area contributed by atoms with Crippen LogP contribution in [0.15, 0.2) is 42.5 Å². The van der Waals surface area contributed by atoms with E-state index in [-0.39, 0.29) is 23.8 Å². The van der Waals surface area contributed by atoms with Gasteiger partial charge in [-0.05, 0) is 43.3 Å². The van der Waals surface area contributed by atoms with Crippen molar-refractivity contribution in [2.75, 3.05) is 13.2 Å². The monoisotopic (exact) mass is 410 g/mol. The first-order valence-electron chi connectivity index (χ1n) is 8.07. The van der Waals surface area contributed by atoms with E-state index in [2.05, 4.69) is 5.32 Å². The smallest absolute Gasteiger partial charge is 0.328 e. The zero-order valence-electron chi connectivity index (χ0n) is 14.7. The van der Waals surface area contributed by atoms with E-state index < -0.39 is 34.3 Å². The molecule has 0 fully saturated rings. The van der Waals surface area contributed by atoms with Crippen molar-refractivity contribution < 1.29 is 28.4 Å². The molecule has 0 heterocycles. The van der Waals surface area contributed by atoms with E-state index in [9.17, 15) is 24.1 Å². The number of nitrogens with zero attached hydrogens (tertiary/aromatic N) is 1. The molecule has 2 rings (SSSR count). The largest absolute Gasteiger partial charge is 0.490 e. The van der Waals surface area contributed by atoms with Gasteiger partial charge in [0, 0.05) is 11.6 Å². The Morgan fingerprint density at radius 1 is 1.21 bits per heavy atom. The first-order valence-corrected chi connectivity index (χ1v) is 8.45. The summed E-state index contributed by atoms with van der Waals surface area (Å²) < 4.78 is 23.0. The second-order valence-corrected chi connectivity index (χ2v) is 6.00. The summed E-state index contributed by atoms with van der Waals surface area (Å²) in [4.78, 5) is 34.2. The first-order chi connectivity index (χ1) is 13.3. The van der Waals surface area contributed by atoms with Crippen LogP contribution in [0.4, 0.5) is 10.1 Å². The normalized spacial score (nSPS) is 11.4. The lowest BCUT2D eigenvalue weighted by molar-refractivity contribution is -0.384. The predicted octanol–water partition coefficient (Wildman–Crippen LogP) is 3.13. The van der Waals surface area contributed by atoms with Crippen LogP contribution >= 0.6 is 11.6 Å². The molecule has 0 aliphatic heterocycles. The first kappa shape index (κ1) is 21.1. The Balaban J connectivity index is 1.81. The van der Waals surface area contributed by atoms with Crippen LogP contribution < -0.4 is 10.1 Å². The third kappa shape index (κ3) is 5.92. The van der Waals surface area contributed by atoms with Gasteiger partial charge in [-0.2, -0.15) is 0 Å². The number of amides is 1. The highest BCUT2D eigenvalue weighted by molar-refractivity contribution is 6.32. The van der Waals surface area contributed by atoms with Crippen LogP contribution in [0.2, 0.25) is 5.02 Å². The Hall–Kier alpha value is -3.20. The molecular formula is C18H16ClFN2O6. The Kier molecular flexibility index (Phi) is 7.28. The Bertz CT molecular complexity index is 875. The summed E-state index contributed by atoms with van der Waals surface area (Å²) in [5.41, 5.74) is -0.433. The highest BCUT2D eigenvalue weighted by Crippen LogP contribution is 2.25. The lowest BCUT2D eigenvalue weighted by Gasteiger charge is -2.14. The van der Waals surface area contributed by atoms with E-state index >= 15 is 0 Å². The van der Waals surface area contributed by atoms with Crippen molar-refractivity contribution in [3.05, 3.63) is 69.0 Å². The fraction of sp³-hybridized carbons (Fsp3) is 0.222. The van der Waals surface area contributed by atoms with Crippen LogP contribution in [0.1, 0.15) is 17.3 Å².